The third-order valence-corrected chi connectivity index (χ3v) is 7.85. The minimum absolute atomic E-state index is 0.101. The summed E-state index contributed by atoms with van der Waals surface area (Å²) in [7, 11) is -3.50. The van der Waals surface area contributed by atoms with Gasteiger partial charge in [0.05, 0.1) is 11.4 Å². The van der Waals surface area contributed by atoms with Crippen molar-refractivity contribution in [3.05, 3.63) is 46.7 Å². The Morgan fingerprint density at radius 3 is 2.35 bits per heavy atom. The highest BCUT2D eigenvalue weighted by atomic mass is 32.2. The van der Waals surface area contributed by atoms with Gasteiger partial charge in [0.15, 0.2) is 0 Å². The first-order valence-corrected chi connectivity index (χ1v) is 12.7. The van der Waals surface area contributed by atoms with Crippen LogP contribution in [0.1, 0.15) is 30.6 Å². The Morgan fingerprint density at radius 2 is 1.71 bits per heavy atom. The lowest BCUT2D eigenvalue weighted by Crippen LogP contribution is -2.42. The number of carbonyl (C=O) groups is 2. The molecule has 0 atom stereocenters. The second-order valence-corrected chi connectivity index (χ2v) is 10.3. The van der Waals surface area contributed by atoms with Crippen LogP contribution in [0.3, 0.4) is 0 Å². The van der Waals surface area contributed by atoms with Crippen LogP contribution in [0.25, 0.3) is 0 Å². The van der Waals surface area contributed by atoms with Crippen LogP contribution in [-0.4, -0.2) is 50.8 Å². The molecule has 8 nitrogen and oxygen atoms in total. The smallest absolute Gasteiger partial charge is 0.321 e. The normalized spacial score (nSPS) is 15.1. The van der Waals surface area contributed by atoms with Crippen LogP contribution >= 0.6 is 11.3 Å². The number of urea groups is 1. The number of nitrogens with zero attached hydrogens (tertiary/aromatic N) is 1. The minimum Gasteiger partial charge on any atom is -0.376 e. The molecule has 168 valence electrons. The number of imide groups is 1. The molecule has 0 unspecified atom stereocenters. The fraction of sp³-hybridized carbons (Fsp3) is 0.429. The Morgan fingerprint density at radius 1 is 1.00 bits per heavy atom. The van der Waals surface area contributed by atoms with E-state index >= 15 is 0 Å². The van der Waals surface area contributed by atoms with Crippen LogP contribution in [-0.2, 0) is 21.2 Å². The quantitative estimate of drug-likeness (QED) is 0.557. The van der Waals surface area contributed by atoms with Crippen molar-refractivity contribution in [3.63, 3.8) is 0 Å². The zero-order valence-electron chi connectivity index (χ0n) is 17.3. The number of sulfonamides is 1. The van der Waals surface area contributed by atoms with E-state index in [-0.39, 0.29) is 11.4 Å². The maximum Gasteiger partial charge on any atom is 0.321 e. The standard InChI is InChI=1S/C21H28N4O4S2/c26-20(24-21(27)22-12-11-18-6-5-15-30-18)16-23-17-7-9-19(10-8-17)31(28,29)25-13-3-1-2-4-14-25/h5-10,15,23H,1-4,11-14,16H2,(H2,22,24,26,27). The van der Waals surface area contributed by atoms with E-state index in [2.05, 4.69) is 16.0 Å². The molecule has 0 bridgehead atoms. The predicted octanol–water partition coefficient (Wildman–Crippen LogP) is 2.79. The summed E-state index contributed by atoms with van der Waals surface area (Å²) in [6.45, 7) is 1.45. The number of thiophene rings is 1. The summed E-state index contributed by atoms with van der Waals surface area (Å²) in [6.07, 6.45) is 4.60. The molecule has 1 saturated heterocycles. The zero-order valence-corrected chi connectivity index (χ0v) is 18.9. The maximum atomic E-state index is 12.8. The van der Waals surface area contributed by atoms with Crippen molar-refractivity contribution >= 4 is 39.0 Å². The molecule has 1 aromatic heterocycles. The van der Waals surface area contributed by atoms with E-state index in [1.807, 2.05) is 17.5 Å². The van der Waals surface area contributed by atoms with E-state index in [1.165, 1.54) is 12.1 Å². The fourth-order valence-electron chi connectivity index (χ4n) is 3.33. The first-order valence-electron chi connectivity index (χ1n) is 10.4. The van der Waals surface area contributed by atoms with Gasteiger partial charge in [-0.1, -0.05) is 18.9 Å². The summed E-state index contributed by atoms with van der Waals surface area (Å²) in [4.78, 5) is 25.1. The second-order valence-electron chi connectivity index (χ2n) is 7.33. The van der Waals surface area contributed by atoms with E-state index in [1.54, 1.807) is 27.8 Å². The average Bonchev–Trinajstić information content (AvgIpc) is 3.11. The van der Waals surface area contributed by atoms with Crippen molar-refractivity contribution < 1.29 is 18.0 Å². The summed E-state index contributed by atoms with van der Waals surface area (Å²) in [5.41, 5.74) is 0.600. The lowest BCUT2D eigenvalue weighted by atomic mass is 10.2. The van der Waals surface area contributed by atoms with Crippen LogP contribution in [0, 0.1) is 0 Å². The van der Waals surface area contributed by atoms with Gasteiger partial charge >= 0.3 is 6.03 Å². The van der Waals surface area contributed by atoms with Gasteiger partial charge in [-0.05, 0) is 55.0 Å². The molecule has 0 radical (unpaired) electrons. The van der Waals surface area contributed by atoms with Crippen LogP contribution in [0.15, 0.2) is 46.7 Å². The molecule has 0 aliphatic carbocycles. The van der Waals surface area contributed by atoms with Gasteiger partial charge in [-0.25, -0.2) is 13.2 Å². The number of anilines is 1. The highest BCUT2D eigenvalue weighted by molar-refractivity contribution is 7.89. The van der Waals surface area contributed by atoms with Gasteiger partial charge in [-0.3, -0.25) is 10.1 Å². The average molecular weight is 465 g/mol. The Balaban J connectivity index is 1.43. The van der Waals surface area contributed by atoms with Crippen LogP contribution in [0.2, 0.25) is 0 Å². The molecular formula is C21H28N4O4S2. The molecule has 3 amide bonds. The molecule has 0 spiro atoms. The number of nitrogens with one attached hydrogen (secondary N) is 3. The molecule has 2 aromatic rings. The number of hydrogen-bond donors (Lipinski definition) is 3. The first-order chi connectivity index (χ1) is 14.9. The van der Waals surface area contributed by atoms with Gasteiger partial charge in [0.25, 0.3) is 0 Å². The van der Waals surface area contributed by atoms with Crippen molar-refractivity contribution in [2.24, 2.45) is 0 Å². The van der Waals surface area contributed by atoms with E-state index in [9.17, 15) is 18.0 Å². The van der Waals surface area contributed by atoms with E-state index in [0.29, 0.717) is 31.7 Å². The summed E-state index contributed by atoms with van der Waals surface area (Å²) >= 11 is 1.62. The molecule has 1 aromatic carbocycles. The Bertz CT molecular complexity index is 952. The Labute approximate surface area is 187 Å². The molecule has 31 heavy (non-hydrogen) atoms. The molecular weight excluding hydrogens is 436 g/mol. The zero-order chi connectivity index (χ0) is 22.1. The lowest BCUT2D eigenvalue weighted by Gasteiger charge is -2.20. The molecule has 0 saturated carbocycles. The summed E-state index contributed by atoms with van der Waals surface area (Å²) in [5, 5.41) is 9.78. The molecule has 2 heterocycles. The van der Waals surface area contributed by atoms with E-state index in [0.717, 1.165) is 30.6 Å². The fourth-order valence-corrected chi connectivity index (χ4v) is 5.55. The summed E-state index contributed by atoms with van der Waals surface area (Å²) in [5.74, 6) is -0.477. The number of hydrogen-bond acceptors (Lipinski definition) is 6. The Kier molecular flexibility index (Phi) is 8.44. The highest BCUT2D eigenvalue weighted by Gasteiger charge is 2.24. The van der Waals surface area contributed by atoms with Crippen molar-refractivity contribution in [3.8, 4) is 0 Å². The number of benzene rings is 1. The Hall–Kier alpha value is -2.43. The molecule has 1 fully saturated rings. The minimum atomic E-state index is -3.50. The van der Waals surface area contributed by atoms with Crippen LogP contribution < -0.4 is 16.0 Å². The molecule has 10 heteroatoms. The molecule has 1 aliphatic rings. The monoisotopic (exact) mass is 464 g/mol. The first kappa shape index (κ1) is 23.2. The lowest BCUT2D eigenvalue weighted by molar-refractivity contribution is -0.118. The van der Waals surface area contributed by atoms with Crippen LogP contribution in [0.4, 0.5) is 10.5 Å². The van der Waals surface area contributed by atoms with Gasteiger partial charge in [-0.2, -0.15) is 4.31 Å². The third-order valence-electron chi connectivity index (χ3n) is 5.00. The van der Waals surface area contributed by atoms with Gasteiger partial charge in [0.1, 0.15) is 0 Å². The van der Waals surface area contributed by atoms with Gasteiger partial charge < -0.3 is 10.6 Å². The number of amides is 3. The largest absolute Gasteiger partial charge is 0.376 e. The molecule has 1 aliphatic heterocycles. The van der Waals surface area contributed by atoms with Crippen molar-refractivity contribution in [2.75, 3.05) is 31.5 Å². The van der Waals surface area contributed by atoms with Gasteiger partial charge in [-0.15, -0.1) is 11.3 Å². The maximum absolute atomic E-state index is 12.8. The second kappa shape index (κ2) is 11.3. The van der Waals surface area contributed by atoms with Gasteiger partial charge in [0, 0.05) is 30.2 Å². The highest BCUT2D eigenvalue weighted by Crippen LogP contribution is 2.21. The number of rotatable bonds is 8. The van der Waals surface area contributed by atoms with Crippen molar-refractivity contribution in [2.45, 2.75) is 37.0 Å². The van der Waals surface area contributed by atoms with E-state index < -0.39 is 22.0 Å². The predicted molar refractivity (Wildman–Crippen MR) is 122 cm³/mol. The number of carbonyl (C=O) groups excluding carboxylic acids is 2. The van der Waals surface area contributed by atoms with E-state index in [4.69, 9.17) is 0 Å². The molecule has 3 rings (SSSR count). The van der Waals surface area contributed by atoms with Gasteiger partial charge in [0.2, 0.25) is 15.9 Å². The van der Waals surface area contributed by atoms with Crippen molar-refractivity contribution in [1.82, 2.24) is 14.9 Å². The third kappa shape index (κ3) is 7.05. The SMILES string of the molecule is O=C(CNc1ccc(S(=O)(=O)N2CCCCCC2)cc1)NC(=O)NCCc1cccs1. The summed E-state index contributed by atoms with van der Waals surface area (Å²) in [6, 6.07) is 9.73. The topological polar surface area (TPSA) is 108 Å². The summed E-state index contributed by atoms with van der Waals surface area (Å²) < 4.78 is 27.1. The van der Waals surface area contributed by atoms with Crippen LogP contribution in [0.5, 0.6) is 0 Å². The molecule has 3 N–H and O–H groups in total. The van der Waals surface area contributed by atoms with Crippen molar-refractivity contribution in [1.29, 1.82) is 0 Å².